The zero-order valence-corrected chi connectivity index (χ0v) is 9.09. The van der Waals surface area contributed by atoms with Gasteiger partial charge >= 0.3 is 5.97 Å². The minimum absolute atomic E-state index is 0.296. The van der Waals surface area contributed by atoms with Crippen LogP contribution in [0.1, 0.15) is 40.5 Å². The van der Waals surface area contributed by atoms with E-state index in [1.165, 1.54) is 0 Å². The smallest absolute Gasteiger partial charge is 0.325 e. The van der Waals surface area contributed by atoms with E-state index >= 15 is 0 Å². The summed E-state index contributed by atoms with van der Waals surface area (Å²) in [6.45, 7) is 8.24. The monoisotopic (exact) mass is 187 g/mol. The maximum atomic E-state index is 11.3. The zero-order valence-electron chi connectivity index (χ0n) is 9.09. The number of carbonyl (C=O) groups is 1. The van der Waals surface area contributed by atoms with Gasteiger partial charge in [0, 0.05) is 0 Å². The van der Waals surface area contributed by atoms with Gasteiger partial charge in [-0.05, 0) is 25.7 Å². The third kappa shape index (κ3) is 4.88. The van der Waals surface area contributed by atoms with Crippen LogP contribution >= 0.6 is 0 Å². The molecule has 0 aliphatic rings. The standard InChI is InChI=1S/C10H21NO2/c1-5-10(4,11)9(12)13-7-6-8(2)3/h8H,5-7,11H2,1-4H3. The molecule has 0 aliphatic carbocycles. The molecule has 0 amide bonds. The van der Waals surface area contributed by atoms with Gasteiger partial charge in [0.15, 0.2) is 0 Å². The van der Waals surface area contributed by atoms with E-state index in [1.54, 1.807) is 6.92 Å². The molecule has 13 heavy (non-hydrogen) atoms. The van der Waals surface area contributed by atoms with Gasteiger partial charge in [-0.25, -0.2) is 0 Å². The van der Waals surface area contributed by atoms with E-state index in [9.17, 15) is 4.79 Å². The lowest BCUT2D eigenvalue weighted by Crippen LogP contribution is -2.45. The summed E-state index contributed by atoms with van der Waals surface area (Å²) in [5.41, 5.74) is 4.88. The van der Waals surface area contributed by atoms with Crippen LogP contribution in [0.4, 0.5) is 0 Å². The Morgan fingerprint density at radius 1 is 1.54 bits per heavy atom. The zero-order chi connectivity index (χ0) is 10.5. The van der Waals surface area contributed by atoms with Crippen molar-refractivity contribution in [3.05, 3.63) is 0 Å². The molecule has 0 aromatic heterocycles. The van der Waals surface area contributed by atoms with Crippen LogP contribution in [-0.2, 0) is 9.53 Å². The third-order valence-electron chi connectivity index (χ3n) is 2.13. The van der Waals surface area contributed by atoms with Crippen LogP contribution in [-0.4, -0.2) is 18.1 Å². The Morgan fingerprint density at radius 3 is 2.46 bits per heavy atom. The van der Waals surface area contributed by atoms with Gasteiger partial charge in [0.1, 0.15) is 5.54 Å². The number of esters is 1. The normalized spacial score (nSPS) is 15.5. The van der Waals surface area contributed by atoms with Gasteiger partial charge in [-0.15, -0.1) is 0 Å². The lowest BCUT2D eigenvalue weighted by atomic mass is 10.0. The first-order valence-electron chi connectivity index (χ1n) is 4.86. The molecule has 0 heterocycles. The molecule has 0 saturated heterocycles. The number of hydrogen-bond acceptors (Lipinski definition) is 3. The molecule has 0 saturated carbocycles. The topological polar surface area (TPSA) is 52.3 Å². The van der Waals surface area contributed by atoms with Crippen LogP contribution in [0.3, 0.4) is 0 Å². The number of ether oxygens (including phenoxy) is 1. The molecule has 0 fully saturated rings. The first-order valence-corrected chi connectivity index (χ1v) is 4.86. The summed E-state index contributed by atoms with van der Waals surface area (Å²) in [4.78, 5) is 11.3. The maximum absolute atomic E-state index is 11.3. The predicted octanol–water partition coefficient (Wildman–Crippen LogP) is 1.70. The number of rotatable bonds is 5. The SMILES string of the molecule is CCC(C)(N)C(=O)OCCC(C)C. The molecule has 0 radical (unpaired) electrons. The van der Waals surface area contributed by atoms with Crippen LogP contribution < -0.4 is 5.73 Å². The van der Waals surface area contributed by atoms with E-state index in [2.05, 4.69) is 13.8 Å². The fraction of sp³-hybridized carbons (Fsp3) is 0.900. The van der Waals surface area contributed by atoms with Crippen molar-refractivity contribution >= 4 is 5.97 Å². The second-order valence-corrected chi connectivity index (χ2v) is 4.09. The minimum Gasteiger partial charge on any atom is -0.464 e. The Hall–Kier alpha value is -0.570. The van der Waals surface area contributed by atoms with Gasteiger partial charge in [0.2, 0.25) is 0 Å². The van der Waals surface area contributed by atoms with Crippen LogP contribution in [0.15, 0.2) is 0 Å². The van der Waals surface area contributed by atoms with Crippen molar-refractivity contribution in [3.8, 4) is 0 Å². The van der Waals surface area contributed by atoms with Crippen molar-refractivity contribution in [2.45, 2.75) is 46.1 Å². The fourth-order valence-electron chi connectivity index (χ4n) is 0.697. The molecular weight excluding hydrogens is 166 g/mol. The summed E-state index contributed by atoms with van der Waals surface area (Å²) in [6, 6.07) is 0. The van der Waals surface area contributed by atoms with Crippen molar-refractivity contribution in [2.75, 3.05) is 6.61 Å². The highest BCUT2D eigenvalue weighted by atomic mass is 16.5. The van der Waals surface area contributed by atoms with Crippen LogP contribution in [0.2, 0.25) is 0 Å². The van der Waals surface area contributed by atoms with Crippen LogP contribution in [0.25, 0.3) is 0 Å². The molecule has 78 valence electrons. The highest BCUT2D eigenvalue weighted by Crippen LogP contribution is 2.08. The van der Waals surface area contributed by atoms with Crippen molar-refractivity contribution in [1.82, 2.24) is 0 Å². The molecule has 1 atom stereocenters. The molecule has 0 aliphatic heterocycles. The second-order valence-electron chi connectivity index (χ2n) is 4.09. The van der Waals surface area contributed by atoms with Gasteiger partial charge in [0.25, 0.3) is 0 Å². The molecule has 0 spiro atoms. The highest BCUT2D eigenvalue weighted by molar-refractivity contribution is 5.79. The molecule has 3 heteroatoms. The van der Waals surface area contributed by atoms with Gasteiger partial charge in [-0.1, -0.05) is 20.8 Å². The predicted molar refractivity (Wildman–Crippen MR) is 53.3 cm³/mol. The van der Waals surface area contributed by atoms with E-state index in [4.69, 9.17) is 10.5 Å². The molecule has 0 rings (SSSR count). The van der Waals surface area contributed by atoms with Crippen molar-refractivity contribution in [1.29, 1.82) is 0 Å². The number of hydrogen-bond donors (Lipinski definition) is 1. The lowest BCUT2D eigenvalue weighted by Gasteiger charge is -2.20. The second kappa shape index (κ2) is 5.22. The molecular formula is C10H21NO2. The van der Waals surface area contributed by atoms with Gasteiger partial charge in [-0.3, -0.25) is 4.79 Å². The van der Waals surface area contributed by atoms with Crippen LogP contribution in [0, 0.1) is 5.92 Å². The first-order chi connectivity index (χ1) is 5.90. The van der Waals surface area contributed by atoms with Gasteiger partial charge in [-0.2, -0.15) is 0 Å². The fourth-order valence-corrected chi connectivity index (χ4v) is 0.697. The maximum Gasteiger partial charge on any atom is 0.325 e. The molecule has 0 aromatic carbocycles. The summed E-state index contributed by atoms with van der Waals surface area (Å²) in [5, 5.41) is 0. The minimum atomic E-state index is -0.822. The summed E-state index contributed by atoms with van der Waals surface area (Å²) < 4.78 is 5.04. The molecule has 3 nitrogen and oxygen atoms in total. The Balaban J connectivity index is 3.75. The lowest BCUT2D eigenvalue weighted by molar-refractivity contribution is -0.149. The molecule has 0 aromatic rings. The van der Waals surface area contributed by atoms with Gasteiger partial charge in [0.05, 0.1) is 6.61 Å². The summed E-state index contributed by atoms with van der Waals surface area (Å²) in [6.07, 6.45) is 1.50. The van der Waals surface area contributed by atoms with E-state index in [-0.39, 0.29) is 5.97 Å². The van der Waals surface area contributed by atoms with Crippen LogP contribution in [0.5, 0.6) is 0 Å². The highest BCUT2D eigenvalue weighted by Gasteiger charge is 2.27. The Morgan fingerprint density at radius 2 is 2.08 bits per heavy atom. The van der Waals surface area contributed by atoms with E-state index < -0.39 is 5.54 Å². The van der Waals surface area contributed by atoms with Crippen molar-refractivity contribution < 1.29 is 9.53 Å². The Labute approximate surface area is 80.6 Å². The summed E-state index contributed by atoms with van der Waals surface area (Å²) >= 11 is 0. The molecule has 1 unspecified atom stereocenters. The van der Waals surface area contributed by atoms with E-state index in [0.717, 1.165) is 6.42 Å². The van der Waals surface area contributed by atoms with E-state index in [1.807, 2.05) is 6.92 Å². The number of nitrogens with two attached hydrogens (primary N) is 1. The largest absolute Gasteiger partial charge is 0.464 e. The van der Waals surface area contributed by atoms with E-state index in [0.29, 0.717) is 18.9 Å². The van der Waals surface area contributed by atoms with Gasteiger partial charge < -0.3 is 10.5 Å². The Kier molecular flexibility index (Phi) is 4.99. The average molecular weight is 187 g/mol. The van der Waals surface area contributed by atoms with Crippen molar-refractivity contribution in [2.24, 2.45) is 11.7 Å². The average Bonchev–Trinajstić information content (AvgIpc) is 2.03. The molecule has 2 N–H and O–H groups in total. The first kappa shape index (κ1) is 12.4. The quantitative estimate of drug-likeness (QED) is 0.666. The molecule has 0 bridgehead atoms. The Bertz CT molecular complexity index is 164. The third-order valence-corrected chi connectivity index (χ3v) is 2.13. The number of carbonyl (C=O) groups excluding carboxylic acids is 1. The summed E-state index contributed by atoms with van der Waals surface area (Å²) in [5.74, 6) is 0.258. The summed E-state index contributed by atoms with van der Waals surface area (Å²) in [7, 11) is 0. The van der Waals surface area contributed by atoms with Crippen molar-refractivity contribution in [3.63, 3.8) is 0 Å².